The van der Waals surface area contributed by atoms with Gasteiger partial charge < -0.3 is 15.2 Å². The van der Waals surface area contributed by atoms with Crippen LogP contribution in [0, 0.1) is 0 Å². The Kier molecular flexibility index (Phi) is 5.39. The van der Waals surface area contributed by atoms with Crippen LogP contribution in [0.25, 0.3) is 11.1 Å². The molecule has 1 unspecified atom stereocenters. The molecule has 0 aromatic heterocycles. The molecule has 0 saturated heterocycles. The van der Waals surface area contributed by atoms with E-state index in [2.05, 4.69) is 29.6 Å². The number of ether oxygens (including phenoxy) is 1. The van der Waals surface area contributed by atoms with Gasteiger partial charge in [-0.2, -0.15) is 0 Å². The average molecular weight is 428 g/mol. The van der Waals surface area contributed by atoms with Crippen LogP contribution in [-0.2, 0) is 22.4 Å². The molecule has 2 N–H and O–H groups in total. The van der Waals surface area contributed by atoms with Crippen LogP contribution in [0.4, 0.5) is 4.79 Å². The lowest BCUT2D eigenvalue weighted by molar-refractivity contribution is -0.136. The Morgan fingerprint density at radius 2 is 1.62 bits per heavy atom. The number of rotatable bonds is 5. The topological polar surface area (TPSA) is 75.6 Å². The molecule has 3 aromatic carbocycles. The van der Waals surface area contributed by atoms with E-state index in [1.54, 1.807) is 0 Å². The summed E-state index contributed by atoms with van der Waals surface area (Å²) in [5.74, 6) is -0.837. The summed E-state index contributed by atoms with van der Waals surface area (Å²) in [4.78, 5) is 23.8. The molecule has 2 aliphatic rings. The fourth-order valence-corrected chi connectivity index (χ4v) is 5.07. The van der Waals surface area contributed by atoms with E-state index in [0.29, 0.717) is 0 Å². The maximum Gasteiger partial charge on any atom is 0.407 e. The van der Waals surface area contributed by atoms with Gasteiger partial charge in [-0.05, 0) is 58.2 Å². The van der Waals surface area contributed by atoms with Crippen molar-refractivity contribution in [3.63, 3.8) is 0 Å². The van der Waals surface area contributed by atoms with Crippen LogP contribution in [0.3, 0.4) is 0 Å². The van der Waals surface area contributed by atoms with Crippen LogP contribution in [-0.4, -0.2) is 23.8 Å². The quantitative estimate of drug-likeness (QED) is 0.585. The summed E-state index contributed by atoms with van der Waals surface area (Å²) in [6.07, 6.45) is 2.26. The first-order valence-corrected chi connectivity index (χ1v) is 11.0. The minimum absolute atomic E-state index is 0.0222. The highest BCUT2D eigenvalue weighted by atomic mass is 16.5. The van der Waals surface area contributed by atoms with Gasteiger partial charge in [0, 0.05) is 5.92 Å². The number of alkyl carbamates (subject to hydrolysis) is 1. The first kappa shape index (κ1) is 20.3. The van der Waals surface area contributed by atoms with Crippen molar-refractivity contribution in [1.82, 2.24) is 5.32 Å². The molecule has 0 aliphatic heterocycles. The molecule has 1 atom stereocenters. The number of aliphatic carboxylic acids is 1. The Balaban J connectivity index is 1.29. The second kappa shape index (κ2) is 8.50. The van der Waals surface area contributed by atoms with Gasteiger partial charge in [0.2, 0.25) is 0 Å². The van der Waals surface area contributed by atoms with Gasteiger partial charge in [-0.1, -0.05) is 66.7 Å². The summed E-state index contributed by atoms with van der Waals surface area (Å²) in [7, 11) is 0. The number of fused-ring (bicyclic) bond motifs is 4. The first-order chi connectivity index (χ1) is 15.6. The maximum atomic E-state index is 12.7. The van der Waals surface area contributed by atoms with Crippen LogP contribution in [0.1, 0.15) is 52.6 Å². The van der Waals surface area contributed by atoms with Crippen LogP contribution >= 0.6 is 0 Å². The number of carbonyl (C=O) groups excluding carboxylic acids is 1. The Bertz CT molecular complexity index is 1140. The summed E-state index contributed by atoms with van der Waals surface area (Å²) in [5.41, 5.74) is 7.68. The van der Waals surface area contributed by atoms with Gasteiger partial charge in [0.1, 0.15) is 6.61 Å². The third kappa shape index (κ3) is 3.86. The average Bonchev–Trinajstić information content (AvgIpc) is 3.11. The fourth-order valence-electron chi connectivity index (χ4n) is 5.07. The number of carboxylic acids is 1. The molecule has 0 spiro atoms. The third-order valence-corrected chi connectivity index (χ3v) is 6.52. The second-order valence-electron chi connectivity index (χ2n) is 8.52. The molecule has 0 bridgehead atoms. The predicted octanol–water partition coefficient (Wildman–Crippen LogP) is 5.23. The molecule has 0 saturated carbocycles. The number of carboxylic acid groups (broad SMARTS) is 1. The lowest BCUT2D eigenvalue weighted by atomic mass is 9.86. The smallest absolute Gasteiger partial charge is 0.407 e. The normalized spacial score (nSPS) is 16.6. The number of nitrogens with one attached hydrogen (secondary N) is 1. The van der Waals surface area contributed by atoms with Gasteiger partial charge in [0.25, 0.3) is 0 Å². The maximum absolute atomic E-state index is 12.7. The highest BCUT2D eigenvalue weighted by Gasteiger charge is 2.30. The zero-order chi connectivity index (χ0) is 22.1. The summed E-state index contributed by atoms with van der Waals surface area (Å²) < 4.78 is 5.71. The lowest BCUT2D eigenvalue weighted by Crippen LogP contribution is -2.32. The minimum Gasteiger partial charge on any atom is -0.481 e. The van der Waals surface area contributed by atoms with Crippen molar-refractivity contribution >= 4 is 12.1 Å². The van der Waals surface area contributed by atoms with Crippen LogP contribution in [0.15, 0.2) is 66.7 Å². The largest absolute Gasteiger partial charge is 0.481 e. The monoisotopic (exact) mass is 427 g/mol. The van der Waals surface area contributed by atoms with Crippen molar-refractivity contribution < 1.29 is 19.4 Å². The van der Waals surface area contributed by atoms with E-state index in [-0.39, 0.29) is 25.0 Å². The van der Waals surface area contributed by atoms with Crippen molar-refractivity contribution in [2.24, 2.45) is 0 Å². The van der Waals surface area contributed by atoms with Gasteiger partial charge in [-0.25, -0.2) is 4.79 Å². The van der Waals surface area contributed by atoms with Gasteiger partial charge in [0.15, 0.2) is 0 Å². The number of carbonyl (C=O) groups is 2. The van der Waals surface area contributed by atoms with E-state index in [9.17, 15) is 9.59 Å². The van der Waals surface area contributed by atoms with E-state index in [4.69, 9.17) is 9.84 Å². The molecule has 3 aromatic rings. The van der Waals surface area contributed by atoms with Crippen molar-refractivity contribution in [2.75, 3.05) is 6.61 Å². The van der Waals surface area contributed by atoms with E-state index < -0.39 is 12.1 Å². The molecule has 162 valence electrons. The highest BCUT2D eigenvalue weighted by molar-refractivity contribution is 5.79. The number of hydrogen-bond donors (Lipinski definition) is 2. The van der Waals surface area contributed by atoms with E-state index >= 15 is 0 Å². The molecule has 32 heavy (non-hydrogen) atoms. The Morgan fingerprint density at radius 1 is 0.938 bits per heavy atom. The van der Waals surface area contributed by atoms with Crippen LogP contribution in [0.2, 0.25) is 0 Å². The molecule has 2 aliphatic carbocycles. The molecular weight excluding hydrogens is 402 g/mol. The van der Waals surface area contributed by atoms with Crippen molar-refractivity contribution in [3.8, 4) is 11.1 Å². The number of aryl methyl sites for hydroxylation is 1. The fraction of sp³-hybridized carbons (Fsp3) is 0.259. The highest BCUT2D eigenvalue weighted by Crippen LogP contribution is 2.44. The van der Waals surface area contributed by atoms with E-state index in [1.165, 1.54) is 22.3 Å². The molecule has 0 fully saturated rings. The van der Waals surface area contributed by atoms with Crippen molar-refractivity contribution in [1.29, 1.82) is 0 Å². The molecule has 0 radical (unpaired) electrons. The first-order valence-electron chi connectivity index (χ1n) is 11.0. The number of amides is 1. The van der Waals surface area contributed by atoms with Crippen LogP contribution < -0.4 is 5.32 Å². The molecular formula is C27H25NO4. The predicted molar refractivity (Wildman–Crippen MR) is 122 cm³/mol. The summed E-state index contributed by atoms with van der Waals surface area (Å²) in [5, 5.41) is 12.1. The number of hydrogen-bond acceptors (Lipinski definition) is 3. The van der Waals surface area contributed by atoms with Crippen molar-refractivity contribution in [3.05, 3.63) is 94.5 Å². The number of benzene rings is 3. The zero-order valence-corrected chi connectivity index (χ0v) is 17.7. The molecule has 5 rings (SSSR count). The van der Waals surface area contributed by atoms with Gasteiger partial charge in [0.05, 0.1) is 12.5 Å². The third-order valence-electron chi connectivity index (χ3n) is 6.52. The summed E-state index contributed by atoms with van der Waals surface area (Å²) in [6, 6.07) is 22.1. The zero-order valence-electron chi connectivity index (χ0n) is 17.7. The van der Waals surface area contributed by atoms with Crippen LogP contribution in [0.5, 0.6) is 0 Å². The molecule has 1 amide bonds. The second-order valence-corrected chi connectivity index (χ2v) is 8.52. The van der Waals surface area contributed by atoms with Crippen molar-refractivity contribution in [2.45, 2.75) is 37.6 Å². The Hall–Kier alpha value is -3.60. The van der Waals surface area contributed by atoms with Gasteiger partial charge in [-0.3, -0.25) is 4.79 Å². The molecule has 5 nitrogen and oxygen atoms in total. The summed E-state index contributed by atoms with van der Waals surface area (Å²) >= 11 is 0. The Labute approximate surface area is 187 Å². The SMILES string of the molecule is O=C(O)Cc1ccc2c(c1)C(NC(=O)OCC1c3ccccc3-c3ccccc31)CCC2. The standard InChI is InChI=1S/C27H25NO4/c29-26(30)15-17-12-13-18-6-5-11-25(23(18)14-17)28-27(31)32-16-24-21-9-3-1-7-19(21)20-8-2-4-10-22(20)24/h1-4,7-10,12-14,24-25H,5-6,11,15-16H2,(H,28,31)(H,29,30). The summed E-state index contributed by atoms with van der Waals surface area (Å²) in [6.45, 7) is 0.276. The molecule has 5 heteroatoms. The lowest BCUT2D eigenvalue weighted by Gasteiger charge is -2.27. The van der Waals surface area contributed by atoms with Gasteiger partial charge >= 0.3 is 12.1 Å². The Morgan fingerprint density at radius 3 is 2.31 bits per heavy atom. The van der Waals surface area contributed by atoms with E-state index in [0.717, 1.165) is 36.0 Å². The van der Waals surface area contributed by atoms with Gasteiger partial charge in [-0.15, -0.1) is 0 Å². The molecule has 0 heterocycles. The van der Waals surface area contributed by atoms with E-state index in [1.807, 2.05) is 42.5 Å². The minimum atomic E-state index is -0.859.